The van der Waals surface area contributed by atoms with Crippen molar-refractivity contribution in [3.63, 3.8) is 0 Å². The Morgan fingerprint density at radius 1 is 1.21 bits per heavy atom. The van der Waals surface area contributed by atoms with Crippen LogP contribution in [0.4, 0.5) is 4.39 Å². The average molecular weight is 263 g/mol. The lowest BCUT2D eigenvalue weighted by Crippen LogP contribution is -2.34. The van der Waals surface area contributed by atoms with Gasteiger partial charge in [-0.3, -0.25) is 14.5 Å². The third kappa shape index (κ3) is 2.27. The van der Waals surface area contributed by atoms with E-state index in [0.29, 0.717) is 18.4 Å². The molecule has 1 aliphatic heterocycles. The summed E-state index contributed by atoms with van der Waals surface area (Å²) in [6.45, 7) is 3.87. The molecule has 1 aliphatic rings. The minimum atomic E-state index is -0.581. The highest BCUT2D eigenvalue weighted by molar-refractivity contribution is 6.05. The lowest BCUT2D eigenvalue weighted by Gasteiger charge is -2.23. The molecule has 1 saturated heterocycles. The second-order valence-corrected chi connectivity index (χ2v) is 5.04. The topological polar surface area (TPSA) is 37.4 Å². The number of halogens is 1. The van der Waals surface area contributed by atoms with E-state index in [4.69, 9.17) is 0 Å². The van der Waals surface area contributed by atoms with Gasteiger partial charge in [-0.25, -0.2) is 4.39 Å². The summed E-state index contributed by atoms with van der Waals surface area (Å²) in [5, 5.41) is 0. The number of carbonyl (C=O) groups is 2. The number of rotatable bonds is 4. The third-order valence-electron chi connectivity index (χ3n) is 4.13. The minimum Gasteiger partial charge on any atom is -0.278 e. The van der Waals surface area contributed by atoms with Crippen LogP contribution < -0.4 is 0 Å². The van der Waals surface area contributed by atoms with Crippen molar-refractivity contribution in [1.82, 2.24) is 4.90 Å². The first-order chi connectivity index (χ1) is 9.04. The zero-order valence-electron chi connectivity index (χ0n) is 11.3. The van der Waals surface area contributed by atoms with Gasteiger partial charge in [0.1, 0.15) is 5.82 Å². The molecule has 2 amide bonds. The Bertz CT molecular complexity index is 509. The fourth-order valence-corrected chi connectivity index (χ4v) is 2.62. The number of hydrogen-bond donors (Lipinski definition) is 0. The first-order valence-corrected chi connectivity index (χ1v) is 6.62. The van der Waals surface area contributed by atoms with Gasteiger partial charge in [0.15, 0.2) is 0 Å². The van der Waals surface area contributed by atoms with Gasteiger partial charge in [0, 0.05) is 12.0 Å². The van der Waals surface area contributed by atoms with Crippen molar-refractivity contribution in [2.75, 3.05) is 0 Å². The molecule has 0 atom stereocenters. The monoisotopic (exact) mass is 263 g/mol. The van der Waals surface area contributed by atoms with Crippen LogP contribution in [0.1, 0.15) is 38.7 Å². The van der Waals surface area contributed by atoms with Crippen LogP contribution in [0.25, 0.3) is 0 Å². The van der Waals surface area contributed by atoms with Crippen molar-refractivity contribution in [2.24, 2.45) is 5.41 Å². The van der Waals surface area contributed by atoms with Crippen LogP contribution in [-0.2, 0) is 16.1 Å². The van der Waals surface area contributed by atoms with Crippen molar-refractivity contribution in [3.8, 4) is 0 Å². The molecule has 1 heterocycles. The molecule has 0 bridgehead atoms. The predicted octanol–water partition coefficient (Wildman–Crippen LogP) is 2.89. The Hall–Kier alpha value is -1.71. The summed E-state index contributed by atoms with van der Waals surface area (Å²) >= 11 is 0. The highest BCUT2D eigenvalue weighted by Gasteiger charge is 2.48. The molecule has 0 aliphatic carbocycles. The van der Waals surface area contributed by atoms with Gasteiger partial charge in [0.2, 0.25) is 11.8 Å². The number of benzene rings is 1. The Morgan fingerprint density at radius 2 is 1.84 bits per heavy atom. The number of hydrogen-bond acceptors (Lipinski definition) is 2. The summed E-state index contributed by atoms with van der Waals surface area (Å²) < 4.78 is 13.6. The zero-order valence-corrected chi connectivity index (χ0v) is 11.3. The van der Waals surface area contributed by atoms with E-state index in [9.17, 15) is 14.0 Å². The standard InChI is InChI=1S/C15H18FNO2/c1-3-15(4-2)9-13(18)17(14(15)19)10-11-7-5-6-8-12(11)16/h5-8H,3-4,9-10H2,1-2H3. The minimum absolute atomic E-state index is 0.0338. The second-order valence-electron chi connectivity index (χ2n) is 5.04. The Morgan fingerprint density at radius 3 is 2.37 bits per heavy atom. The number of imide groups is 1. The van der Waals surface area contributed by atoms with E-state index in [1.807, 2.05) is 13.8 Å². The number of amides is 2. The molecule has 0 saturated carbocycles. The molecule has 19 heavy (non-hydrogen) atoms. The van der Waals surface area contributed by atoms with Gasteiger partial charge in [-0.05, 0) is 18.9 Å². The van der Waals surface area contributed by atoms with Crippen molar-refractivity contribution in [1.29, 1.82) is 0 Å². The fourth-order valence-electron chi connectivity index (χ4n) is 2.62. The van der Waals surface area contributed by atoms with Gasteiger partial charge in [-0.1, -0.05) is 32.0 Å². The van der Waals surface area contributed by atoms with Gasteiger partial charge < -0.3 is 0 Å². The maximum atomic E-state index is 13.6. The highest BCUT2D eigenvalue weighted by Crippen LogP contribution is 2.39. The maximum Gasteiger partial charge on any atom is 0.236 e. The van der Waals surface area contributed by atoms with Crippen LogP contribution in [0, 0.1) is 11.2 Å². The molecule has 0 N–H and O–H groups in total. The molecule has 1 fully saturated rings. The van der Waals surface area contributed by atoms with Crippen LogP contribution >= 0.6 is 0 Å². The highest BCUT2D eigenvalue weighted by atomic mass is 19.1. The quantitative estimate of drug-likeness (QED) is 0.783. The number of nitrogens with zero attached hydrogens (tertiary/aromatic N) is 1. The molecule has 102 valence electrons. The summed E-state index contributed by atoms with van der Waals surface area (Å²) in [5.74, 6) is -0.740. The molecule has 0 aromatic heterocycles. The molecule has 1 aromatic rings. The van der Waals surface area contributed by atoms with Crippen LogP contribution in [0.15, 0.2) is 24.3 Å². The predicted molar refractivity (Wildman–Crippen MR) is 69.6 cm³/mol. The largest absolute Gasteiger partial charge is 0.278 e. The Balaban J connectivity index is 2.25. The van der Waals surface area contributed by atoms with Crippen LogP contribution in [0.5, 0.6) is 0 Å². The van der Waals surface area contributed by atoms with E-state index in [1.54, 1.807) is 18.2 Å². The van der Waals surface area contributed by atoms with E-state index in [-0.39, 0.29) is 30.6 Å². The molecular weight excluding hydrogens is 245 g/mol. The molecule has 4 heteroatoms. The van der Waals surface area contributed by atoms with Crippen molar-refractivity contribution in [3.05, 3.63) is 35.6 Å². The number of carbonyl (C=O) groups excluding carboxylic acids is 2. The van der Waals surface area contributed by atoms with E-state index < -0.39 is 5.41 Å². The van der Waals surface area contributed by atoms with Gasteiger partial charge in [0.05, 0.1) is 12.0 Å². The van der Waals surface area contributed by atoms with Gasteiger partial charge >= 0.3 is 0 Å². The fraction of sp³-hybridized carbons (Fsp3) is 0.467. The normalized spacial score (nSPS) is 18.2. The molecule has 0 radical (unpaired) electrons. The summed E-state index contributed by atoms with van der Waals surface area (Å²) in [7, 11) is 0. The van der Waals surface area contributed by atoms with Crippen LogP contribution in [-0.4, -0.2) is 16.7 Å². The molecule has 0 unspecified atom stereocenters. The van der Waals surface area contributed by atoms with Gasteiger partial charge in [-0.15, -0.1) is 0 Å². The summed E-state index contributed by atoms with van der Waals surface area (Å²) in [6.07, 6.45) is 1.52. The molecule has 1 aromatic carbocycles. The van der Waals surface area contributed by atoms with Crippen molar-refractivity contribution < 1.29 is 14.0 Å². The smallest absolute Gasteiger partial charge is 0.236 e. The molecular formula is C15H18FNO2. The summed E-state index contributed by atoms with van der Waals surface area (Å²) in [6, 6.07) is 6.24. The van der Waals surface area contributed by atoms with Crippen molar-refractivity contribution in [2.45, 2.75) is 39.7 Å². The first-order valence-electron chi connectivity index (χ1n) is 6.62. The summed E-state index contributed by atoms with van der Waals surface area (Å²) in [4.78, 5) is 25.6. The Labute approximate surface area is 112 Å². The van der Waals surface area contributed by atoms with Crippen LogP contribution in [0.2, 0.25) is 0 Å². The average Bonchev–Trinajstić information content (AvgIpc) is 2.66. The van der Waals surface area contributed by atoms with Crippen molar-refractivity contribution >= 4 is 11.8 Å². The lowest BCUT2D eigenvalue weighted by atomic mass is 9.81. The second kappa shape index (κ2) is 5.11. The molecule has 0 spiro atoms. The summed E-state index contributed by atoms with van der Waals surface area (Å²) in [5.41, 5.74) is -0.199. The van der Waals surface area contributed by atoms with E-state index in [1.165, 1.54) is 11.0 Å². The molecule has 3 nitrogen and oxygen atoms in total. The van der Waals surface area contributed by atoms with E-state index in [2.05, 4.69) is 0 Å². The van der Waals surface area contributed by atoms with Gasteiger partial charge in [0.25, 0.3) is 0 Å². The van der Waals surface area contributed by atoms with Crippen LogP contribution in [0.3, 0.4) is 0 Å². The maximum absolute atomic E-state index is 13.6. The number of likely N-dealkylation sites (tertiary alicyclic amines) is 1. The third-order valence-corrected chi connectivity index (χ3v) is 4.13. The molecule has 2 rings (SSSR count). The van der Waals surface area contributed by atoms with Gasteiger partial charge in [-0.2, -0.15) is 0 Å². The first kappa shape index (κ1) is 13.7. The Kier molecular flexibility index (Phi) is 3.69. The van der Waals surface area contributed by atoms with E-state index >= 15 is 0 Å². The van der Waals surface area contributed by atoms with E-state index in [0.717, 1.165) is 0 Å². The lowest BCUT2D eigenvalue weighted by molar-refractivity contribution is -0.142. The zero-order chi connectivity index (χ0) is 14.0. The SMILES string of the molecule is CCC1(CC)CC(=O)N(Cc2ccccc2F)C1=O.